The van der Waals surface area contributed by atoms with Crippen molar-refractivity contribution in [2.75, 3.05) is 5.32 Å². The molecule has 0 aromatic heterocycles. The highest BCUT2D eigenvalue weighted by atomic mass is 16.6. The van der Waals surface area contributed by atoms with Crippen LogP contribution >= 0.6 is 0 Å². The van der Waals surface area contributed by atoms with Crippen molar-refractivity contribution in [3.63, 3.8) is 0 Å². The van der Waals surface area contributed by atoms with Gasteiger partial charge in [0, 0.05) is 5.56 Å². The van der Waals surface area contributed by atoms with Gasteiger partial charge in [-0.2, -0.15) is 0 Å². The van der Waals surface area contributed by atoms with Crippen molar-refractivity contribution >= 4 is 29.7 Å². The molecule has 0 atom stereocenters. The number of hydrogen-bond donors (Lipinski definition) is 2. The number of nitrogens with one attached hydrogen (secondary N) is 1. The van der Waals surface area contributed by atoms with Crippen LogP contribution in [-0.2, 0) is 4.74 Å². The van der Waals surface area contributed by atoms with Gasteiger partial charge in [0.1, 0.15) is 11.4 Å². The van der Waals surface area contributed by atoms with Crippen LogP contribution < -0.4 is 5.32 Å². The number of phenolic OH excluding ortho intramolecular Hbond substituents is 1. The lowest BCUT2D eigenvalue weighted by Crippen LogP contribution is -2.25. The molecule has 2 N–H and O–H groups in total. The Morgan fingerprint density at radius 1 is 0.871 bits per heavy atom. The van der Waals surface area contributed by atoms with Crippen LogP contribution in [-0.4, -0.2) is 22.6 Å². The molecule has 31 heavy (non-hydrogen) atoms. The van der Waals surface area contributed by atoms with Crippen molar-refractivity contribution in [3.05, 3.63) is 95.1 Å². The van der Waals surface area contributed by atoms with E-state index in [1.54, 1.807) is 87.5 Å². The predicted octanol–water partition coefficient (Wildman–Crippen LogP) is 5.77. The van der Waals surface area contributed by atoms with Gasteiger partial charge in [-0.3, -0.25) is 4.79 Å². The average Bonchev–Trinajstić information content (AvgIpc) is 2.73. The standard InChI is InChI=1S/C26H25NO4/c1-26(2,3)31-25(30)22-16-13-19(10-9-18-11-14-21(28)15-12-18)17-23(22)27-24(29)20-7-5-4-6-8-20/h4-17,28H,1-3H3,(H,27,29). The second-order valence-electron chi connectivity index (χ2n) is 8.05. The number of amides is 1. The molecule has 0 aliphatic rings. The van der Waals surface area contributed by atoms with E-state index < -0.39 is 11.6 Å². The Labute approximate surface area is 182 Å². The minimum absolute atomic E-state index is 0.199. The Morgan fingerprint density at radius 3 is 2.13 bits per heavy atom. The fourth-order valence-corrected chi connectivity index (χ4v) is 2.84. The maximum atomic E-state index is 12.7. The molecule has 1 amide bonds. The Hall–Kier alpha value is -3.86. The highest BCUT2D eigenvalue weighted by molar-refractivity contribution is 6.08. The normalized spacial score (nSPS) is 11.3. The van der Waals surface area contributed by atoms with E-state index in [0.717, 1.165) is 11.1 Å². The summed E-state index contributed by atoms with van der Waals surface area (Å²) < 4.78 is 5.50. The minimum atomic E-state index is -0.658. The van der Waals surface area contributed by atoms with Crippen LogP contribution in [0, 0.1) is 0 Å². The van der Waals surface area contributed by atoms with Gasteiger partial charge in [-0.15, -0.1) is 0 Å². The maximum Gasteiger partial charge on any atom is 0.340 e. The van der Waals surface area contributed by atoms with Crippen LogP contribution in [0.4, 0.5) is 5.69 Å². The minimum Gasteiger partial charge on any atom is -0.508 e. The van der Waals surface area contributed by atoms with Gasteiger partial charge in [0.2, 0.25) is 0 Å². The van der Waals surface area contributed by atoms with E-state index in [1.807, 2.05) is 18.2 Å². The molecule has 0 heterocycles. The van der Waals surface area contributed by atoms with Crippen LogP contribution in [0.15, 0.2) is 72.8 Å². The number of ether oxygens (including phenoxy) is 1. The fourth-order valence-electron chi connectivity index (χ4n) is 2.84. The van der Waals surface area contributed by atoms with Crippen molar-refractivity contribution in [2.45, 2.75) is 26.4 Å². The highest BCUT2D eigenvalue weighted by Gasteiger charge is 2.21. The molecule has 0 radical (unpaired) electrons. The Balaban J connectivity index is 1.92. The van der Waals surface area contributed by atoms with Crippen molar-refractivity contribution < 1.29 is 19.4 Å². The molecule has 158 valence electrons. The van der Waals surface area contributed by atoms with E-state index >= 15 is 0 Å². The second-order valence-corrected chi connectivity index (χ2v) is 8.05. The fraction of sp³-hybridized carbons (Fsp3) is 0.154. The summed E-state index contributed by atoms with van der Waals surface area (Å²) in [6, 6.07) is 20.8. The summed E-state index contributed by atoms with van der Waals surface area (Å²) in [7, 11) is 0. The van der Waals surface area contributed by atoms with Crippen LogP contribution in [0.3, 0.4) is 0 Å². The molecule has 0 unspecified atom stereocenters. The van der Waals surface area contributed by atoms with E-state index in [1.165, 1.54) is 0 Å². The van der Waals surface area contributed by atoms with E-state index in [0.29, 0.717) is 11.3 Å². The third-order valence-corrected chi connectivity index (χ3v) is 4.31. The molecule has 3 rings (SSSR count). The second kappa shape index (κ2) is 9.30. The number of carbonyl (C=O) groups is 2. The van der Waals surface area contributed by atoms with Crippen LogP contribution in [0.2, 0.25) is 0 Å². The quantitative estimate of drug-likeness (QED) is 0.410. The number of rotatable bonds is 5. The molecule has 0 fully saturated rings. The van der Waals surface area contributed by atoms with Crippen LogP contribution in [0.25, 0.3) is 12.2 Å². The average molecular weight is 415 g/mol. The summed E-state index contributed by atoms with van der Waals surface area (Å²) in [4.78, 5) is 25.4. The van der Waals surface area contributed by atoms with Gasteiger partial charge in [0.25, 0.3) is 5.91 Å². The Morgan fingerprint density at radius 2 is 1.48 bits per heavy atom. The molecule has 0 saturated carbocycles. The molecule has 0 bridgehead atoms. The van der Waals surface area contributed by atoms with Crippen molar-refractivity contribution in [2.24, 2.45) is 0 Å². The zero-order chi connectivity index (χ0) is 22.4. The first-order chi connectivity index (χ1) is 14.7. The summed E-state index contributed by atoms with van der Waals surface area (Å²) in [5.74, 6) is -0.625. The molecule has 3 aromatic rings. The monoisotopic (exact) mass is 415 g/mol. The van der Waals surface area contributed by atoms with Gasteiger partial charge in [-0.1, -0.05) is 48.6 Å². The first-order valence-electron chi connectivity index (χ1n) is 9.92. The Bertz CT molecular complexity index is 1090. The first-order valence-corrected chi connectivity index (χ1v) is 9.92. The molecule has 0 saturated heterocycles. The SMILES string of the molecule is CC(C)(C)OC(=O)c1ccc(C=Cc2ccc(O)cc2)cc1NC(=O)c1ccccc1. The number of hydrogen-bond acceptors (Lipinski definition) is 4. The molecule has 0 aliphatic heterocycles. The zero-order valence-corrected chi connectivity index (χ0v) is 17.8. The number of anilines is 1. The number of phenols is 1. The molecular formula is C26H25NO4. The topological polar surface area (TPSA) is 75.6 Å². The van der Waals surface area contributed by atoms with E-state index in [9.17, 15) is 14.7 Å². The van der Waals surface area contributed by atoms with Gasteiger partial charge in [-0.05, 0) is 68.3 Å². The largest absolute Gasteiger partial charge is 0.508 e. The third kappa shape index (κ3) is 6.31. The van der Waals surface area contributed by atoms with Crippen LogP contribution in [0.5, 0.6) is 5.75 Å². The highest BCUT2D eigenvalue weighted by Crippen LogP contribution is 2.24. The van der Waals surface area contributed by atoms with Crippen molar-refractivity contribution in [1.29, 1.82) is 0 Å². The number of aromatic hydroxyl groups is 1. The summed E-state index contributed by atoms with van der Waals surface area (Å²) in [6.07, 6.45) is 3.74. The van der Waals surface area contributed by atoms with E-state index in [-0.39, 0.29) is 17.2 Å². The summed E-state index contributed by atoms with van der Waals surface area (Å²) >= 11 is 0. The van der Waals surface area contributed by atoms with Gasteiger partial charge < -0.3 is 15.2 Å². The van der Waals surface area contributed by atoms with Crippen LogP contribution in [0.1, 0.15) is 52.6 Å². The lowest BCUT2D eigenvalue weighted by molar-refractivity contribution is 0.00707. The smallest absolute Gasteiger partial charge is 0.340 e. The van der Waals surface area contributed by atoms with Gasteiger partial charge >= 0.3 is 5.97 Å². The summed E-state index contributed by atoms with van der Waals surface area (Å²) in [5.41, 5.74) is 2.18. The predicted molar refractivity (Wildman–Crippen MR) is 123 cm³/mol. The lowest BCUT2D eigenvalue weighted by atomic mass is 10.1. The summed E-state index contributed by atoms with van der Waals surface area (Å²) in [5, 5.41) is 12.2. The maximum absolute atomic E-state index is 12.7. The molecule has 3 aromatic carbocycles. The first kappa shape index (κ1) is 21.8. The Kier molecular flexibility index (Phi) is 6.55. The van der Waals surface area contributed by atoms with Gasteiger partial charge in [0.05, 0.1) is 11.3 Å². The third-order valence-electron chi connectivity index (χ3n) is 4.31. The molecule has 0 spiro atoms. The zero-order valence-electron chi connectivity index (χ0n) is 17.8. The van der Waals surface area contributed by atoms with Crippen molar-refractivity contribution in [1.82, 2.24) is 0 Å². The number of benzene rings is 3. The molecule has 5 heteroatoms. The lowest BCUT2D eigenvalue weighted by Gasteiger charge is -2.21. The number of esters is 1. The molecular weight excluding hydrogens is 390 g/mol. The van der Waals surface area contributed by atoms with E-state index in [4.69, 9.17) is 4.74 Å². The van der Waals surface area contributed by atoms with Gasteiger partial charge in [-0.25, -0.2) is 4.79 Å². The molecule has 0 aliphatic carbocycles. The van der Waals surface area contributed by atoms with E-state index in [2.05, 4.69) is 5.32 Å². The molecule has 5 nitrogen and oxygen atoms in total. The van der Waals surface area contributed by atoms with Gasteiger partial charge in [0.15, 0.2) is 0 Å². The number of carbonyl (C=O) groups excluding carboxylic acids is 2. The van der Waals surface area contributed by atoms with Crippen molar-refractivity contribution in [3.8, 4) is 5.75 Å². The summed E-state index contributed by atoms with van der Waals surface area (Å²) in [6.45, 7) is 5.38.